The molecule has 0 aromatic carbocycles. The Hall–Kier alpha value is -2.06. The number of nitrogens with one attached hydrogen (secondary N) is 3. The number of nitrogens with two attached hydrogens (primary N) is 1. The lowest BCUT2D eigenvalue weighted by Crippen LogP contribution is -2.51. The summed E-state index contributed by atoms with van der Waals surface area (Å²) in [5, 5.41) is 22.5. The number of aliphatic hydroxyl groups is 1. The van der Waals surface area contributed by atoms with Crippen LogP contribution in [0, 0.1) is 5.41 Å². The van der Waals surface area contributed by atoms with Crippen LogP contribution in [0.5, 0.6) is 0 Å². The van der Waals surface area contributed by atoms with Crippen molar-refractivity contribution >= 4 is 11.7 Å². The summed E-state index contributed by atoms with van der Waals surface area (Å²) in [6.07, 6.45) is 7.71. The fourth-order valence-electron chi connectivity index (χ4n) is 3.97. The monoisotopic (exact) mass is 376 g/mol. The van der Waals surface area contributed by atoms with Crippen LogP contribution < -0.4 is 16.5 Å². The second kappa shape index (κ2) is 8.75. The zero-order valence-electron chi connectivity index (χ0n) is 16.3. The largest absolute Gasteiger partial charge is 0.402 e. The summed E-state index contributed by atoms with van der Waals surface area (Å²) in [7, 11) is 0. The number of hydrogen-bond donors (Lipinski definition) is 5. The normalized spacial score (nSPS) is 29.1. The van der Waals surface area contributed by atoms with Crippen LogP contribution in [-0.2, 0) is 4.84 Å². The van der Waals surface area contributed by atoms with Crippen molar-refractivity contribution in [1.82, 2.24) is 15.7 Å². The van der Waals surface area contributed by atoms with E-state index < -0.39 is 0 Å². The van der Waals surface area contributed by atoms with Crippen LogP contribution in [0.15, 0.2) is 28.2 Å². The quantitative estimate of drug-likeness (QED) is 0.373. The lowest BCUT2D eigenvalue weighted by atomic mass is 9.91. The van der Waals surface area contributed by atoms with E-state index in [2.05, 4.69) is 20.7 Å². The molecule has 1 unspecified atom stereocenters. The van der Waals surface area contributed by atoms with Crippen molar-refractivity contribution in [2.24, 2.45) is 10.7 Å². The molecule has 3 rings (SSSR count). The number of allylic oxidation sites excluding steroid dienone is 1. The van der Waals surface area contributed by atoms with Crippen molar-refractivity contribution in [1.29, 1.82) is 5.41 Å². The van der Waals surface area contributed by atoms with Crippen LogP contribution in [0.25, 0.3) is 0 Å². The van der Waals surface area contributed by atoms with Crippen LogP contribution >= 0.6 is 0 Å². The number of aliphatic imine (C=N–C) groups is 1. The van der Waals surface area contributed by atoms with Gasteiger partial charge in [-0.2, -0.15) is 4.99 Å². The lowest BCUT2D eigenvalue weighted by molar-refractivity contribution is 0.0797. The van der Waals surface area contributed by atoms with E-state index in [0.717, 1.165) is 45.2 Å². The van der Waals surface area contributed by atoms with Crippen LogP contribution in [0.2, 0.25) is 0 Å². The van der Waals surface area contributed by atoms with Gasteiger partial charge in [-0.15, -0.1) is 0 Å². The maximum atomic E-state index is 10.2. The van der Waals surface area contributed by atoms with E-state index in [-0.39, 0.29) is 12.1 Å². The molecule has 8 nitrogen and oxygen atoms in total. The second-order valence-corrected chi connectivity index (χ2v) is 7.72. The Morgan fingerprint density at radius 2 is 2.04 bits per heavy atom. The molecule has 1 aliphatic carbocycles. The molecule has 0 radical (unpaired) electrons. The Kier molecular flexibility index (Phi) is 6.38. The predicted molar refractivity (Wildman–Crippen MR) is 106 cm³/mol. The third-order valence-electron chi connectivity index (χ3n) is 5.44. The number of likely N-dealkylation sites (tertiary alicyclic amines) is 1. The van der Waals surface area contributed by atoms with Crippen LogP contribution in [-0.4, -0.2) is 53.0 Å². The molecule has 0 aromatic heterocycles. The van der Waals surface area contributed by atoms with Gasteiger partial charge >= 0.3 is 0 Å². The number of rotatable bonds is 4. The van der Waals surface area contributed by atoms with Crippen LogP contribution in [0.1, 0.15) is 52.4 Å². The molecule has 1 saturated heterocycles. The van der Waals surface area contributed by atoms with E-state index in [1.54, 1.807) is 19.9 Å². The molecular weight excluding hydrogens is 344 g/mol. The average molecular weight is 377 g/mol. The smallest absolute Gasteiger partial charge is 0.220 e. The zero-order valence-corrected chi connectivity index (χ0v) is 16.3. The first-order valence-electron chi connectivity index (χ1n) is 9.88. The predicted octanol–water partition coefficient (Wildman–Crippen LogP) is 1.35. The maximum Gasteiger partial charge on any atom is 0.220 e. The Morgan fingerprint density at radius 3 is 2.63 bits per heavy atom. The van der Waals surface area contributed by atoms with Crippen LogP contribution in [0.3, 0.4) is 0 Å². The van der Waals surface area contributed by atoms with Crippen molar-refractivity contribution in [3.63, 3.8) is 0 Å². The van der Waals surface area contributed by atoms with Gasteiger partial charge in [-0.05, 0) is 38.7 Å². The summed E-state index contributed by atoms with van der Waals surface area (Å²) in [5.41, 5.74) is 9.89. The standard InChI is InChI=1S/C19H32N6O2/c1-12(20)11-15(19-22-13(2)27-24-19)18(21)25-9-7-14(8-10-25)23-16-5-3-4-6-17(16)26/h11,14,16-17,21,23-24,26H,3-10,20H2,1-2H3/b12-11-,19-15?,21-18?/t16?,17-/m0/s1. The molecule has 0 spiro atoms. The topological polar surface area (TPSA) is 119 Å². The SMILES string of the molecule is CC1=NC(=C(/C=C(/C)N)C(=N)N2CCC(NC3CCCC[C@@H]3O)CC2)NO1. The third-order valence-corrected chi connectivity index (χ3v) is 5.44. The van der Waals surface area contributed by atoms with E-state index in [9.17, 15) is 5.11 Å². The highest BCUT2D eigenvalue weighted by Gasteiger charge is 2.29. The maximum absolute atomic E-state index is 10.2. The summed E-state index contributed by atoms with van der Waals surface area (Å²) in [6, 6.07) is 0.607. The zero-order chi connectivity index (χ0) is 19.4. The first-order chi connectivity index (χ1) is 12.9. The minimum Gasteiger partial charge on any atom is -0.402 e. The molecule has 27 heavy (non-hydrogen) atoms. The Bertz CT molecular complexity index is 645. The second-order valence-electron chi connectivity index (χ2n) is 7.72. The fourth-order valence-corrected chi connectivity index (χ4v) is 3.97. The third kappa shape index (κ3) is 5.01. The van der Waals surface area contributed by atoms with E-state index in [1.807, 2.05) is 0 Å². The Labute approximate surface area is 161 Å². The Balaban J connectivity index is 1.61. The molecule has 150 valence electrons. The highest BCUT2D eigenvalue weighted by Crippen LogP contribution is 2.22. The Morgan fingerprint density at radius 1 is 1.33 bits per heavy atom. The molecular formula is C19H32N6O2. The lowest BCUT2D eigenvalue weighted by Gasteiger charge is -2.38. The molecule has 6 N–H and O–H groups in total. The number of piperidine rings is 1. The van der Waals surface area contributed by atoms with Gasteiger partial charge in [0.25, 0.3) is 0 Å². The molecule has 2 fully saturated rings. The van der Waals surface area contributed by atoms with Crippen molar-refractivity contribution < 1.29 is 9.94 Å². The molecule has 3 aliphatic rings. The van der Waals surface area contributed by atoms with Gasteiger partial charge in [0.15, 0.2) is 5.82 Å². The number of nitrogens with zero attached hydrogens (tertiary/aromatic N) is 2. The molecule has 0 aromatic rings. The van der Waals surface area contributed by atoms with Gasteiger partial charge in [-0.1, -0.05) is 12.8 Å². The van der Waals surface area contributed by atoms with Crippen molar-refractivity contribution in [3.8, 4) is 0 Å². The fraction of sp³-hybridized carbons (Fsp3) is 0.684. The molecule has 8 heteroatoms. The van der Waals surface area contributed by atoms with Gasteiger partial charge in [0, 0.05) is 37.8 Å². The summed E-state index contributed by atoms with van der Waals surface area (Å²) in [5.74, 6) is 1.45. The van der Waals surface area contributed by atoms with Gasteiger partial charge in [-0.3, -0.25) is 5.41 Å². The molecule has 2 atom stereocenters. The van der Waals surface area contributed by atoms with Crippen LogP contribution in [0.4, 0.5) is 0 Å². The summed E-state index contributed by atoms with van der Waals surface area (Å²) in [4.78, 5) is 11.6. The van der Waals surface area contributed by atoms with Gasteiger partial charge in [0.1, 0.15) is 5.84 Å². The molecule has 0 amide bonds. The molecule has 1 saturated carbocycles. The van der Waals surface area contributed by atoms with E-state index >= 15 is 0 Å². The van der Waals surface area contributed by atoms with Gasteiger partial charge in [0.05, 0.1) is 11.7 Å². The van der Waals surface area contributed by atoms with Gasteiger partial charge in [0.2, 0.25) is 5.90 Å². The number of hydroxylamine groups is 1. The van der Waals surface area contributed by atoms with E-state index in [0.29, 0.717) is 34.9 Å². The summed E-state index contributed by atoms with van der Waals surface area (Å²) >= 11 is 0. The molecule has 2 heterocycles. The molecule has 0 bridgehead atoms. The first kappa shape index (κ1) is 19.7. The van der Waals surface area contributed by atoms with Crippen molar-refractivity contribution in [2.75, 3.05) is 13.1 Å². The summed E-state index contributed by atoms with van der Waals surface area (Å²) < 4.78 is 0. The minimum atomic E-state index is -0.223. The number of hydrogen-bond acceptors (Lipinski definition) is 7. The van der Waals surface area contributed by atoms with E-state index in [4.69, 9.17) is 16.0 Å². The first-order valence-corrected chi connectivity index (χ1v) is 9.88. The van der Waals surface area contributed by atoms with Crippen molar-refractivity contribution in [2.45, 2.75) is 70.6 Å². The summed E-state index contributed by atoms with van der Waals surface area (Å²) in [6.45, 7) is 5.14. The van der Waals surface area contributed by atoms with Gasteiger partial charge in [-0.25, -0.2) is 5.48 Å². The highest BCUT2D eigenvalue weighted by molar-refractivity contribution is 5.99. The number of aliphatic hydroxyl groups excluding tert-OH is 1. The highest BCUT2D eigenvalue weighted by atomic mass is 16.7. The van der Waals surface area contributed by atoms with E-state index in [1.165, 1.54) is 6.42 Å². The van der Waals surface area contributed by atoms with Gasteiger partial charge < -0.3 is 25.9 Å². The number of amidine groups is 1. The molecule has 2 aliphatic heterocycles. The minimum absolute atomic E-state index is 0.215. The average Bonchev–Trinajstić information content (AvgIpc) is 3.08. The van der Waals surface area contributed by atoms with Crippen molar-refractivity contribution in [3.05, 3.63) is 23.2 Å².